The van der Waals surface area contributed by atoms with Gasteiger partial charge in [0.15, 0.2) is 5.78 Å². The normalized spacial score (nSPS) is 25.1. The van der Waals surface area contributed by atoms with Gasteiger partial charge in [-0.1, -0.05) is 35.7 Å². The molecule has 1 saturated heterocycles. The Labute approximate surface area is 182 Å². The van der Waals surface area contributed by atoms with Crippen molar-refractivity contribution in [2.24, 2.45) is 5.92 Å². The third-order valence-corrected chi connectivity index (χ3v) is 7.11. The summed E-state index contributed by atoms with van der Waals surface area (Å²) in [7, 11) is 0. The number of likely N-dealkylation sites (tertiary alicyclic amines) is 1. The first kappa shape index (κ1) is 20.6. The topological polar surface area (TPSA) is 29.5 Å². The summed E-state index contributed by atoms with van der Waals surface area (Å²) < 4.78 is 7.12. The quantitative estimate of drug-likeness (QED) is 0.492. The summed E-state index contributed by atoms with van der Waals surface area (Å²) in [6, 6.07) is 16.3. The summed E-state index contributed by atoms with van der Waals surface area (Å²) in [4.78, 5) is 15.3. The van der Waals surface area contributed by atoms with Crippen molar-refractivity contribution in [1.82, 2.24) is 4.90 Å². The number of halogens is 1. The van der Waals surface area contributed by atoms with Crippen LogP contribution in [-0.2, 0) is 0 Å². The van der Waals surface area contributed by atoms with E-state index in [4.69, 9.17) is 4.74 Å². The Kier molecular flexibility index (Phi) is 6.71. The first-order valence-corrected chi connectivity index (χ1v) is 11.7. The third kappa shape index (κ3) is 4.92. The van der Waals surface area contributed by atoms with Crippen molar-refractivity contribution in [3.63, 3.8) is 0 Å². The summed E-state index contributed by atoms with van der Waals surface area (Å²) in [5.74, 6) is 1.69. The number of ketones is 1. The van der Waals surface area contributed by atoms with Gasteiger partial charge in [-0.15, -0.1) is 0 Å². The predicted molar refractivity (Wildman–Crippen MR) is 121 cm³/mol. The maximum absolute atomic E-state index is 12.6. The molecule has 1 heterocycles. The lowest BCUT2D eigenvalue weighted by Gasteiger charge is -2.39. The minimum atomic E-state index is 0.0392. The van der Waals surface area contributed by atoms with Gasteiger partial charge in [0, 0.05) is 27.7 Å². The van der Waals surface area contributed by atoms with Gasteiger partial charge in [0.1, 0.15) is 12.4 Å². The molecule has 154 valence electrons. The van der Waals surface area contributed by atoms with Gasteiger partial charge >= 0.3 is 0 Å². The molecule has 1 aliphatic carbocycles. The number of nitrogens with zero attached hydrogens (tertiary/aromatic N) is 1. The SMILES string of the molecule is CC1CCCCC1N1CCCC1COc1ccc(C(=O)c2ccc(Br)cc2)cc1. The fourth-order valence-electron chi connectivity index (χ4n) is 4.93. The van der Waals surface area contributed by atoms with Gasteiger partial charge in [-0.2, -0.15) is 0 Å². The van der Waals surface area contributed by atoms with Gasteiger partial charge < -0.3 is 4.74 Å². The van der Waals surface area contributed by atoms with Crippen LogP contribution in [0, 0.1) is 5.92 Å². The molecule has 0 aromatic heterocycles. The number of rotatable bonds is 6. The van der Waals surface area contributed by atoms with Crippen LogP contribution in [0.4, 0.5) is 0 Å². The molecule has 2 aliphatic rings. The highest BCUT2D eigenvalue weighted by Crippen LogP contribution is 2.33. The van der Waals surface area contributed by atoms with E-state index in [1.165, 1.54) is 45.1 Å². The smallest absolute Gasteiger partial charge is 0.193 e. The van der Waals surface area contributed by atoms with E-state index in [0.717, 1.165) is 28.8 Å². The van der Waals surface area contributed by atoms with Crippen LogP contribution in [0.5, 0.6) is 5.75 Å². The Morgan fingerprint density at radius 2 is 1.62 bits per heavy atom. The summed E-state index contributed by atoms with van der Waals surface area (Å²) in [6.07, 6.45) is 7.96. The molecule has 0 N–H and O–H groups in total. The van der Waals surface area contributed by atoms with Gasteiger partial charge in [0.25, 0.3) is 0 Å². The monoisotopic (exact) mass is 455 g/mol. The molecular formula is C25H30BrNO2. The van der Waals surface area contributed by atoms with Crippen molar-refractivity contribution in [1.29, 1.82) is 0 Å². The van der Waals surface area contributed by atoms with Crippen LogP contribution >= 0.6 is 15.9 Å². The highest BCUT2D eigenvalue weighted by atomic mass is 79.9. The molecule has 3 nitrogen and oxygen atoms in total. The van der Waals surface area contributed by atoms with Crippen molar-refractivity contribution < 1.29 is 9.53 Å². The van der Waals surface area contributed by atoms with Gasteiger partial charge in [-0.05, 0) is 86.7 Å². The number of hydrogen-bond donors (Lipinski definition) is 0. The average Bonchev–Trinajstić information content (AvgIpc) is 3.21. The van der Waals surface area contributed by atoms with E-state index >= 15 is 0 Å². The van der Waals surface area contributed by atoms with Gasteiger partial charge in [0.2, 0.25) is 0 Å². The average molecular weight is 456 g/mol. The van der Waals surface area contributed by atoms with Gasteiger partial charge in [-0.25, -0.2) is 0 Å². The third-order valence-electron chi connectivity index (χ3n) is 6.58. The molecule has 0 radical (unpaired) electrons. The van der Waals surface area contributed by atoms with Crippen molar-refractivity contribution in [3.05, 3.63) is 64.1 Å². The lowest BCUT2D eigenvalue weighted by molar-refractivity contribution is 0.0753. The Hall–Kier alpha value is -1.65. The maximum atomic E-state index is 12.6. The van der Waals surface area contributed by atoms with Crippen LogP contribution in [0.1, 0.15) is 61.4 Å². The molecule has 0 amide bonds. The van der Waals surface area contributed by atoms with Gasteiger partial charge in [-0.3, -0.25) is 9.69 Å². The Morgan fingerprint density at radius 1 is 0.966 bits per heavy atom. The molecule has 29 heavy (non-hydrogen) atoms. The van der Waals surface area contributed by atoms with Crippen LogP contribution in [0.3, 0.4) is 0 Å². The summed E-state index contributed by atoms with van der Waals surface area (Å²) in [5.41, 5.74) is 1.39. The number of hydrogen-bond acceptors (Lipinski definition) is 3. The number of carbonyl (C=O) groups excluding carboxylic acids is 1. The number of ether oxygens (including phenoxy) is 1. The van der Waals surface area contributed by atoms with Crippen LogP contribution in [0.2, 0.25) is 0 Å². The van der Waals surface area contributed by atoms with Crippen molar-refractivity contribution in [3.8, 4) is 5.75 Å². The zero-order valence-corrected chi connectivity index (χ0v) is 18.7. The molecule has 2 fully saturated rings. The zero-order chi connectivity index (χ0) is 20.2. The standard InChI is InChI=1S/C25H30BrNO2/c1-18-5-2-3-7-24(18)27-16-4-6-22(27)17-29-23-14-10-20(11-15-23)25(28)19-8-12-21(26)13-9-19/h8-15,18,22,24H,2-7,16-17H2,1H3. The van der Waals surface area contributed by atoms with E-state index in [1.807, 2.05) is 48.5 Å². The first-order chi connectivity index (χ1) is 14.1. The molecule has 3 unspecified atom stereocenters. The molecular weight excluding hydrogens is 426 g/mol. The molecule has 4 heteroatoms. The highest BCUT2D eigenvalue weighted by molar-refractivity contribution is 9.10. The van der Waals surface area contributed by atoms with Gasteiger partial charge in [0.05, 0.1) is 0 Å². The van der Waals surface area contributed by atoms with E-state index in [0.29, 0.717) is 17.2 Å². The maximum Gasteiger partial charge on any atom is 0.193 e. The molecule has 2 aromatic carbocycles. The van der Waals surface area contributed by atoms with Crippen molar-refractivity contribution in [2.75, 3.05) is 13.2 Å². The van der Waals surface area contributed by atoms with E-state index in [9.17, 15) is 4.79 Å². The van der Waals surface area contributed by atoms with E-state index in [2.05, 4.69) is 27.8 Å². The van der Waals surface area contributed by atoms with Crippen LogP contribution in [0.15, 0.2) is 53.0 Å². The second kappa shape index (κ2) is 9.44. The lowest BCUT2D eigenvalue weighted by atomic mass is 9.84. The molecule has 3 atom stereocenters. The summed E-state index contributed by atoms with van der Waals surface area (Å²) in [6.45, 7) is 4.37. The molecule has 2 aromatic rings. The molecule has 1 aliphatic heterocycles. The van der Waals surface area contributed by atoms with E-state index in [-0.39, 0.29) is 5.78 Å². The molecule has 1 saturated carbocycles. The second-order valence-corrected chi connectivity index (χ2v) is 9.45. The first-order valence-electron chi connectivity index (χ1n) is 10.9. The predicted octanol–water partition coefficient (Wildman–Crippen LogP) is 6.10. The lowest BCUT2D eigenvalue weighted by Crippen LogP contribution is -2.46. The molecule has 0 bridgehead atoms. The van der Waals surface area contributed by atoms with Crippen LogP contribution in [-0.4, -0.2) is 35.9 Å². The Morgan fingerprint density at radius 3 is 2.31 bits per heavy atom. The minimum Gasteiger partial charge on any atom is -0.492 e. The van der Waals surface area contributed by atoms with E-state index < -0.39 is 0 Å². The Balaban J connectivity index is 1.35. The minimum absolute atomic E-state index is 0.0392. The van der Waals surface area contributed by atoms with E-state index in [1.54, 1.807) is 0 Å². The molecule has 4 rings (SSSR count). The van der Waals surface area contributed by atoms with Crippen LogP contribution < -0.4 is 4.74 Å². The number of carbonyl (C=O) groups is 1. The fourth-order valence-corrected chi connectivity index (χ4v) is 5.19. The van der Waals surface area contributed by atoms with Crippen molar-refractivity contribution >= 4 is 21.7 Å². The Bertz CT molecular complexity index is 818. The fraction of sp³-hybridized carbons (Fsp3) is 0.480. The summed E-state index contributed by atoms with van der Waals surface area (Å²) in [5, 5.41) is 0. The highest BCUT2D eigenvalue weighted by Gasteiger charge is 2.35. The molecule has 0 spiro atoms. The van der Waals surface area contributed by atoms with Crippen LogP contribution in [0.25, 0.3) is 0 Å². The zero-order valence-electron chi connectivity index (χ0n) is 17.1. The second-order valence-electron chi connectivity index (χ2n) is 8.53. The van der Waals surface area contributed by atoms with Crippen molar-refractivity contribution in [2.45, 2.75) is 57.5 Å². The largest absolute Gasteiger partial charge is 0.492 e. The summed E-state index contributed by atoms with van der Waals surface area (Å²) >= 11 is 3.41. The number of benzene rings is 2.